The van der Waals surface area contributed by atoms with Gasteiger partial charge >= 0.3 is 0 Å². The van der Waals surface area contributed by atoms with Crippen molar-refractivity contribution in [3.05, 3.63) is 0 Å². The zero-order valence-electron chi connectivity index (χ0n) is 10.0. The van der Waals surface area contributed by atoms with Crippen LogP contribution in [0.25, 0.3) is 0 Å². The van der Waals surface area contributed by atoms with Gasteiger partial charge in [-0.05, 0) is 18.6 Å². The molecule has 0 heterocycles. The second-order valence-electron chi connectivity index (χ2n) is 4.05. The average molecular weight is 229 g/mol. The standard InChI is InChI=1S/C12H25N2S/c1-2-3-4-5-6-7-8-9-10-11-14-12(13)15/h2-11H2,1H3,(H2,13,15). The maximum absolute atomic E-state index is 5.27. The molecule has 0 spiro atoms. The molecule has 0 aromatic heterocycles. The number of hydrogen-bond acceptors (Lipinski definition) is 1. The first-order chi connectivity index (χ1) is 7.27. The van der Waals surface area contributed by atoms with E-state index in [9.17, 15) is 0 Å². The first kappa shape index (κ1) is 14.7. The van der Waals surface area contributed by atoms with Crippen molar-refractivity contribution >= 4 is 17.3 Å². The van der Waals surface area contributed by atoms with Crippen LogP contribution in [0.15, 0.2) is 0 Å². The summed E-state index contributed by atoms with van der Waals surface area (Å²) in [6.45, 7) is 3.07. The molecule has 0 aliphatic rings. The van der Waals surface area contributed by atoms with Crippen LogP contribution in [0, 0.1) is 0 Å². The Bertz CT molecular complexity index is 149. The Morgan fingerprint density at radius 1 is 0.933 bits per heavy atom. The number of thiocarbonyl (C=S) groups is 1. The average Bonchev–Trinajstić information content (AvgIpc) is 2.20. The summed E-state index contributed by atoms with van der Waals surface area (Å²) in [6.07, 6.45) is 12.0. The summed E-state index contributed by atoms with van der Waals surface area (Å²) in [5, 5.41) is 4.29. The lowest BCUT2D eigenvalue weighted by Gasteiger charge is -2.02. The van der Waals surface area contributed by atoms with E-state index in [0.29, 0.717) is 5.11 Å². The SMILES string of the molecule is CCCCCCCCCCC[N]C(N)=S. The Hall–Kier alpha value is -0.310. The topological polar surface area (TPSA) is 40.1 Å². The van der Waals surface area contributed by atoms with Gasteiger partial charge in [-0.15, -0.1) is 0 Å². The highest BCUT2D eigenvalue weighted by molar-refractivity contribution is 7.80. The molecule has 89 valence electrons. The highest BCUT2D eigenvalue weighted by Gasteiger charge is 1.93. The number of unbranched alkanes of at least 4 members (excludes halogenated alkanes) is 8. The van der Waals surface area contributed by atoms with Crippen LogP contribution >= 0.6 is 12.2 Å². The minimum Gasteiger partial charge on any atom is -0.375 e. The Labute approximate surface area is 100 Å². The van der Waals surface area contributed by atoms with Crippen LogP contribution in [0.4, 0.5) is 0 Å². The molecule has 0 saturated carbocycles. The zero-order chi connectivity index (χ0) is 11.4. The summed E-state index contributed by atoms with van der Waals surface area (Å²) in [6, 6.07) is 0. The van der Waals surface area contributed by atoms with E-state index >= 15 is 0 Å². The molecular weight excluding hydrogens is 204 g/mol. The van der Waals surface area contributed by atoms with E-state index < -0.39 is 0 Å². The number of hydrogen-bond donors (Lipinski definition) is 1. The molecule has 0 amide bonds. The molecule has 0 bridgehead atoms. The van der Waals surface area contributed by atoms with Crippen LogP contribution in [0.2, 0.25) is 0 Å². The molecule has 2 nitrogen and oxygen atoms in total. The summed E-state index contributed by atoms with van der Waals surface area (Å²) < 4.78 is 0. The lowest BCUT2D eigenvalue weighted by Crippen LogP contribution is -2.22. The van der Waals surface area contributed by atoms with Crippen LogP contribution < -0.4 is 11.1 Å². The monoisotopic (exact) mass is 229 g/mol. The van der Waals surface area contributed by atoms with Crippen LogP contribution in [-0.2, 0) is 0 Å². The molecule has 0 aliphatic carbocycles. The Kier molecular flexibility index (Phi) is 11.5. The molecule has 1 radical (unpaired) electrons. The van der Waals surface area contributed by atoms with E-state index in [4.69, 9.17) is 5.73 Å². The third kappa shape index (κ3) is 13.7. The number of nitrogens with two attached hydrogens (primary N) is 1. The summed E-state index contributed by atoms with van der Waals surface area (Å²) in [4.78, 5) is 0. The number of nitrogens with zero attached hydrogens (tertiary/aromatic N) is 1. The minimum absolute atomic E-state index is 0.301. The van der Waals surface area contributed by atoms with E-state index in [1.165, 1.54) is 51.4 Å². The summed E-state index contributed by atoms with van der Waals surface area (Å²) in [5.41, 5.74) is 5.27. The number of rotatable bonds is 10. The van der Waals surface area contributed by atoms with Gasteiger partial charge in [-0.1, -0.05) is 58.3 Å². The van der Waals surface area contributed by atoms with Crippen LogP contribution in [0.1, 0.15) is 64.7 Å². The quantitative estimate of drug-likeness (QED) is 0.461. The van der Waals surface area contributed by atoms with Crippen molar-refractivity contribution in [2.75, 3.05) is 6.54 Å². The van der Waals surface area contributed by atoms with E-state index in [1.54, 1.807) is 0 Å². The van der Waals surface area contributed by atoms with Gasteiger partial charge in [0.05, 0.1) is 0 Å². The van der Waals surface area contributed by atoms with Crippen molar-refractivity contribution in [3.63, 3.8) is 0 Å². The third-order valence-corrected chi connectivity index (χ3v) is 2.66. The van der Waals surface area contributed by atoms with Gasteiger partial charge < -0.3 is 5.73 Å². The van der Waals surface area contributed by atoms with E-state index in [2.05, 4.69) is 24.5 Å². The molecular formula is C12H25N2S. The molecule has 0 aromatic carbocycles. The van der Waals surface area contributed by atoms with Crippen molar-refractivity contribution in [2.24, 2.45) is 5.73 Å². The van der Waals surface area contributed by atoms with Gasteiger partial charge in [0.1, 0.15) is 0 Å². The van der Waals surface area contributed by atoms with Gasteiger partial charge in [0, 0.05) is 6.54 Å². The summed E-state index contributed by atoms with van der Waals surface area (Å²) in [7, 11) is 0. The van der Waals surface area contributed by atoms with Crippen molar-refractivity contribution in [1.82, 2.24) is 5.32 Å². The molecule has 0 saturated heterocycles. The van der Waals surface area contributed by atoms with Gasteiger partial charge in [0.15, 0.2) is 5.11 Å². The smallest absolute Gasteiger partial charge is 0.185 e. The molecule has 3 heteroatoms. The van der Waals surface area contributed by atoms with Gasteiger partial charge in [-0.3, -0.25) is 5.32 Å². The van der Waals surface area contributed by atoms with E-state index in [0.717, 1.165) is 13.0 Å². The van der Waals surface area contributed by atoms with Gasteiger partial charge in [0.2, 0.25) is 0 Å². The lowest BCUT2D eigenvalue weighted by atomic mass is 10.1. The largest absolute Gasteiger partial charge is 0.375 e. The maximum Gasteiger partial charge on any atom is 0.185 e. The first-order valence-corrected chi connectivity index (χ1v) is 6.65. The fourth-order valence-electron chi connectivity index (χ4n) is 1.61. The lowest BCUT2D eigenvalue weighted by molar-refractivity contribution is 0.562. The van der Waals surface area contributed by atoms with Gasteiger partial charge in [-0.2, -0.15) is 0 Å². The van der Waals surface area contributed by atoms with Crippen molar-refractivity contribution in [2.45, 2.75) is 64.7 Å². The third-order valence-electron chi connectivity index (χ3n) is 2.53. The Balaban J connectivity index is 2.89. The van der Waals surface area contributed by atoms with Crippen molar-refractivity contribution in [3.8, 4) is 0 Å². The zero-order valence-corrected chi connectivity index (χ0v) is 10.8. The van der Waals surface area contributed by atoms with E-state index in [-0.39, 0.29) is 0 Å². The highest BCUT2D eigenvalue weighted by Crippen LogP contribution is 2.09. The van der Waals surface area contributed by atoms with Crippen LogP contribution in [-0.4, -0.2) is 11.7 Å². The van der Waals surface area contributed by atoms with E-state index in [1.807, 2.05) is 0 Å². The molecule has 0 aliphatic heterocycles. The molecule has 15 heavy (non-hydrogen) atoms. The van der Waals surface area contributed by atoms with Crippen LogP contribution in [0.5, 0.6) is 0 Å². The Morgan fingerprint density at radius 3 is 1.87 bits per heavy atom. The predicted octanol–water partition coefficient (Wildman–Crippen LogP) is 3.37. The minimum atomic E-state index is 0.301. The second kappa shape index (κ2) is 11.8. The predicted molar refractivity (Wildman–Crippen MR) is 71.0 cm³/mol. The highest BCUT2D eigenvalue weighted by atomic mass is 32.1. The summed E-state index contributed by atoms with van der Waals surface area (Å²) in [5.74, 6) is 0. The van der Waals surface area contributed by atoms with Crippen molar-refractivity contribution in [1.29, 1.82) is 0 Å². The summed E-state index contributed by atoms with van der Waals surface area (Å²) >= 11 is 4.67. The van der Waals surface area contributed by atoms with Crippen LogP contribution in [0.3, 0.4) is 0 Å². The molecule has 0 rings (SSSR count). The fourth-order valence-corrected chi connectivity index (χ4v) is 1.70. The molecule has 2 N–H and O–H groups in total. The molecule has 0 unspecified atom stereocenters. The van der Waals surface area contributed by atoms with Crippen molar-refractivity contribution < 1.29 is 0 Å². The maximum atomic E-state index is 5.27. The normalized spacial score (nSPS) is 10.2. The Morgan fingerprint density at radius 2 is 1.40 bits per heavy atom. The second-order valence-corrected chi connectivity index (χ2v) is 4.47. The molecule has 0 atom stereocenters. The van der Waals surface area contributed by atoms with Gasteiger partial charge in [0.25, 0.3) is 0 Å². The van der Waals surface area contributed by atoms with Gasteiger partial charge in [-0.25, -0.2) is 0 Å². The molecule has 0 aromatic rings. The first-order valence-electron chi connectivity index (χ1n) is 6.24. The molecule has 0 fully saturated rings. The fraction of sp³-hybridized carbons (Fsp3) is 0.917.